The smallest absolute Gasteiger partial charge is 0.128 e. The van der Waals surface area contributed by atoms with E-state index in [1.54, 1.807) is 0 Å². The van der Waals surface area contributed by atoms with Gasteiger partial charge >= 0.3 is 0 Å². The van der Waals surface area contributed by atoms with Crippen molar-refractivity contribution in [2.45, 2.75) is 32.7 Å². The van der Waals surface area contributed by atoms with Crippen LogP contribution in [0.25, 0.3) is 11.0 Å². The molecule has 0 amide bonds. The maximum Gasteiger partial charge on any atom is 0.128 e. The topological polar surface area (TPSA) is 59.1 Å². The van der Waals surface area contributed by atoms with Gasteiger partial charge in [-0.25, -0.2) is 9.66 Å². The van der Waals surface area contributed by atoms with Gasteiger partial charge in [-0.1, -0.05) is 6.92 Å². The third-order valence-corrected chi connectivity index (χ3v) is 3.92. The molecule has 20 heavy (non-hydrogen) atoms. The minimum atomic E-state index is 0.457. The standard InChI is InChI=1S/C15H23N5/c1-3-4-15-18-13-6-5-12(16)9-14(13)20(15)19-8-7-17-10-11(19)2/h5-6,9,11,17H,3-4,7-8,10,16H2,1-2H3. The van der Waals surface area contributed by atoms with Crippen LogP contribution in [0.2, 0.25) is 0 Å². The van der Waals surface area contributed by atoms with E-state index in [4.69, 9.17) is 10.7 Å². The molecule has 1 fully saturated rings. The number of aryl methyl sites for hydroxylation is 1. The fourth-order valence-electron chi connectivity index (χ4n) is 2.93. The Morgan fingerprint density at radius 2 is 2.30 bits per heavy atom. The lowest BCUT2D eigenvalue weighted by Gasteiger charge is -2.37. The molecule has 3 rings (SSSR count). The number of fused-ring (bicyclic) bond motifs is 1. The number of nitrogens with two attached hydrogens (primary N) is 1. The summed E-state index contributed by atoms with van der Waals surface area (Å²) in [5, 5.41) is 5.85. The van der Waals surface area contributed by atoms with Crippen molar-refractivity contribution < 1.29 is 0 Å². The predicted octanol–water partition coefficient (Wildman–Crippen LogP) is 1.50. The maximum atomic E-state index is 5.97. The number of hydrogen-bond donors (Lipinski definition) is 2. The molecule has 0 saturated carbocycles. The van der Waals surface area contributed by atoms with Gasteiger partial charge in [-0.15, -0.1) is 0 Å². The predicted molar refractivity (Wildman–Crippen MR) is 83.6 cm³/mol. The number of nitrogens with one attached hydrogen (secondary N) is 1. The van der Waals surface area contributed by atoms with Crippen molar-refractivity contribution in [1.29, 1.82) is 0 Å². The molecule has 5 nitrogen and oxygen atoms in total. The van der Waals surface area contributed by atoms with Gasteiger partial charge in [0.25, 0.3) is 0 Å². The summed E-state index contributed by atoms with van der Waals surface area (Å²) < 4.78 is 2.29. The van der Waals surface area contributed by atoms with Crippen molar-refractivity contribution in [2.75, 3.05) is 30.4 Å². The zero-order valence-corrected chi connectivity index (χ0v) is 12.3. The molecule has 0 radical (unpaired) electrons. The molecule has 0 spiro atoms. The van der Waals surface area contributed by atoms with E-state index < -0.39 is 0 Å². The second-order valence-electron chi connectivity index (χ2n) is 5.55. The van der Waals surface area contributed by atoms with Gasteiger partial charge in [0.2, 0.25) is 0 Å². The molecule has 1 aliphatic rings. The highest BCUT2D eigenvalue weighted by Crippen LogP contribution is 2.22. The van der Waals surface area contributed by atoms with Crippen LogP contribution in [0.5, 0.6) is 0 Å². The van der Waals surface area contributed by atoms with Crippen LogP contribution in [0.1, 0.15) is 26.1 Å². The number of nitrogens with zero attached hydrogens (tertiary/aromatic N) is 3. The summed E-state index contributed by atoms with van der Waals surface area (Å²) in [6.07, 6.45) is 2.09. The number of imidazole rings is 1. The Balaban J connectivity index is 2.14. The number of rotatable bonds is 3. The lowest BCUT2D eigenvalue weighted by Crippen LogP contribution is -2.55. The summed E-state index contributed by atoms with van der Waals surface area (Å²) in [5.41, 5.74) is 8.93. The Bertz CT molecular complexity index is 604. The Hall–Kier alpha value is -1.75. The van der Waals surface area contributed by atoms with E-state index in [0.717, 1.165) is 55.0 Å². The minimum absolute atomic E-state index is 0.457. The van der Waals surface area contributed by atoms with Crippen molar-refractivity contribution in [2.24, 2.45) is 0 Å². The van der Waals surface area contributed by atoms with Crippen molar-refractivity contribution in [3.8, 4) is 0 Å². The number of anilines is 1. The third-order valence-electron chi connectivity index (χ3n) is 3.92. The summed E-state index contributed by atoms with van der Waals surface area (Å²) >= 11 is 0. The van der Waals surface area contributed by atoms with Crippen LogP contribution in [0.4, 0.5) is 5.69 Å². The van der Waals surface area contributed by atoms with Crippen LogP contribution in [0.3, 0.4) is 0 Å². The molecular weight excluding hydrogens is 250 g/mol. The van der Waals surface area contributed by atoms with Crippen molar-refractivity contribution in [1.82, 2.24) is 15.0 Å². The van der Waals surface area contributed by atoms with Crippen LogP contribution >= 0.6 is 0 Å². The molecule has 108 valence electrons. The van der Waals surface area contributed by atoms with Gasteiger partial charge in [0.15, 0.2) is 0 Å². The second kappa shape index (κ2) is 5.32. The van der Waals surface area contributed by atoms with Crippen LogP contribution in [0, 0.1) is 0 Å². The fourth-order valence-corrected chi connectivity index (χ4v) is 2.93. The van der Waals surface area contributed by atoms with Gasteiger partial charge in [-0.3, -0.25) is 0 Å². The molecule has 0 aliphatic carbocycles. The summed E-state index contributed by atoms with van der Waals surface area (Å²) in [6.45, 7) is 7.46. The molecule has 1 aromatic carbocycles. The normalized spacial score (nSPS) is 19.7. The largest absolute Gasteiger partial charge is 0.399 e. The molecule has 1 atom stereocenters. The highest BCUT2D eigenvalue weighted by Gasteiger charge is 2.22. The third kappa shape index (κ3) is 2.22. The van der Waals surface area contributed by atoms with Gasteiger partial charge in [-0.2, -0.15) is 0 Å². The second-order valence-corrected chi connectivity index (χ2v) is 5.55. The minimum Gasteiger partial charge on any atom is -0.399 e. The van der Waals surface area contributed by atoms with E-state index in [9.17, 15) is 0 Å². The number of piperazine rings is 1. The van der Waals surface area contributed by atoms with E-state index >= 15 is 0 Å². The van der Waals surface area contributed by atoms with E-state index in [0.29, 0.717) is 6.04 Å². The van der Waals surface area contributed by atoms with Gasteiger partial charge in [0, 0.05) is 31.7 Å². The zero-order chi connectivity index (χ0) is 14.1. The Labute approximate surface area is 119 Å². The first-order valence-corrected chi connectivity index (χ1v) is 7.45. The van der Waals surface area contributed by atoms with Crippen LogP contribution in [0.15, 0.2) is 18.2 Å². The Kier molecular flexibility index (Phi) is 3.53. The number of hydrogen-bond acceptors (Lipinski definition) is 4. The van der Waals surface area contributed by atoms with Crippen LogP contribution < -0.4 is 16.1 Å². The Morgan fingerprint density at radius 1 is 1.45 bits per heavy atom. The molecule has 5 heteroatoms. The first-order chi connectivity index (χ1) is 9.70. The van der Waals surface area contributed by atoms with Crippen molar-refractivity contribution >= 4 is 16.7 Å². The van der Waals surface area contributed by atoms with Gasteiger partial charge in [-0.05, 0) is 31.5 Å². The molecule has 2 aromatic rings. The SMILES string of the molecule is CCCc1nc2ccc(N)cc2n1N1CCNCC1C. The molecule has 3 N–H and O–H groups in total. The molecule has 2 heterocycles. The van der Waals surface area contributed by atoms with Crippen molar-refractivity contribution in [3.63, 3.8) is 0 Å². The van der Waals surface area contributed by atoms with Gasteiger partial charge in [0.05, 0.1) is 17.1 Å². The molecule has 1 unspecified atom stereocenters. The summed E-state index contributed by atoms with van der Waals surface area (Å²) in [7, 11) is 0. The van der Waals surface area contributed by atoms with Crippen LogP contribution in [-0.4, -0.2) is 35.3 Å². The first kappa shape index (κ1) is 13.2. The summed E-state index contributed by atoms with van der Waals surface area (Å²) in [4.78, 5) is 4.80. The Morgan fingerprint density at radius 3 is 3.05 bits per heavy atom. The molecule has 1 aliphatic heterocycles. The van der Waals surface area contributed by atoms with E-state index in [1.165, 1.54) is 0 Å². The lowest BCUT2D eigenvalue weighted by molar-refractivity contribution is 0.412. The van der Waals surface area contributed by atoms with E-state index in [-0.39, 0.29) is 0 Å². The lowest BCUT2D eigenvalue weighted by atomic mass is 10.2. The highest BCUT2D eigenvalue weighted by molar-refractivity contribution is 5.80. The zero-order valence-electron chi connectivity index (χ0n) is 12.3. The van der Waals surface area contributed by atoms with Crippen molar-refractivity contribution in [3.05, 3.63) is 24.0 Å². The number of aromatic nitrogens is 2. The average Bonchev–Trinajstić information content (AvgIpc) is 2.77. The quantitative estimate of drug-likeness (QED) is 0.832. The molecular formula is C15H23N5. The molecule has 1 aromatic heterocycles. The monoisotopic (exact) mass is 273 g/mol. The summed E-state index contributed by atoms with van der Waals surface area (Å²) in [6, 6.07) is 6.44. The average molecular weight is 273 g/mol. The highest BCUT2D eigenvalue weighted by atomic mass is 15.6. The van der Waals surface area contributed by atoms with Crippen LogP contribution in [-0.2, 0) is 6.42 Å². The van der Waals surface area contributed by atoms with Gasteiger partial charge in [0.1, 0.15) is 5.82 Å². The first-order valence-electron chi connectivity index (χ1n) is 7.45. The number of benzene rings is 1. The van der Waals surface area contributed by atoms with E-state index in [1.807, 2.05) is 18.2 Å². The molecule has 0 bridgehead atoms. The van der Waals surface area contributed by atoms with Gasteiger partial charge < -0.3 is 16.1 Å². The van der Waals surface area contributed by atoms with E-state index in [2.05, 4.69) is 28.8 Å². The molecule has 1 saturated heterocycles. The number of nitrogen functional groups attached to an aromatic ring is 1. The maximum absolute atomic E-state index is 5.97. The summed E-state index contributed by atoms with van der Waals surface area (Å²) in [5.74, 6) is 1.14. The fraction of sp³-hybridized carbons (Fsp3) is 0.533.